The molecule has 2 aromatic rings. The first-order valence-electron chi connectivity index (χ1n) is 12.3. The Morgan fingerprint density at radius 2 is 1.38 bits per heavy atom. The molecule has 2 unspecified atom stereocenters. The first-order valence-corrected chi connectivity index (χ1v) is 12.3. The molecule has 1 N–H and O–H groups in total. The van der Waals surface area contributed by atoms with Crippen LogP contribution in [0.2, 0.25) is 0 Å². The monoisotopic (exact) mass is 436 g/mol. The van der Waals surface area contributed by atoms with Crippen molar-refractivity contribution in [3.05, 3.63) is 57.6 Å². The van der Waals surface area contributed by atoms with E-state index >= 15 is 0 Å². The molecule has 0 spiro atoms. The van der Waals surface area contributed by atoms with E-state index in [1.54, 1.807) is 0 Å². The van der Waals surface area contributed by atoms with Crippen molar-refractivity contribution in [3.8, 4) is 11.5 Å². The SMILES string of the molecule is Cc1cc(Cc2cc(C)c(OC3CCN(C(C)C)C3)c(C)c2)cc(C)c1OC1CCNC1. The normalized spacial score (nSPS) is 21.5. The summed E-state index contributed by atoms with van der Waals surface area (Å²) in [6.45, 7) is 17.4. The van der Waals surface area contributed by atoms with Gasteiger partial charge in [-0.05, 0) is 101 Å². The van der Waals surface area contributed by atoms with Gasteiger partial charge in [-0.1, -0.05) is 24.3 Å². The van der Waals surface area contributed by atoms with Crippen LogP contribution in [-0.2, 0) is 6.42 Å². The minimum Gasteiger partial charge on any atom is -0.489 e. The molecular weight excluding hydrogens is 396 g/mol. The Balaban J connectivity index is 1.45. The maximum atomic E-state index is 6.48. The number of nitrogens with zero attached hydrogens (tertiary/aromatic N) is 1. The van der Waals surface area contributed by atoms with E-state index in [9.17, 15) is 0 Å². The smallest absolute Gasteiger partial charge is 0.125 e. The van der Waals surface area contributed by atoms with Crippen LogP contribution >= 0.6 is 0 Å². The zero-order chi connectivity index (χ0) is 22.8. The third-order valence-corrected chi connectivity index (χ3v) is 6.94. The van der Waals surface area contributed by atoms with E-state index in [2.05, 4.69) is 76.0 Å². The number of rotatable bonds is 7. The molecule has 0 amide bonds. The molecule has 4 nitrogen and oxygen atoms in total. The fourth-order valence-electron chi connectivity index (χ4n) is 5.27. The largest absolute Gasteiger partial charge is 0.489 e. The van der Waals surface area contributed by atoms with Crippen molar-refractivity contribution >= 4 is 0 Å². The molecule has 4 heteroatoms. The van der Waals surface area contributed by atoms with Crippen LogP contribution in [0.15, 0.2) is 24.3 Å². The topological polar surface area (TPSA) is 33.7 Å². The first kappa shape index (κ1) is 23.1. The van der Waals surface area contributed by atoms with E-state index in [1.165, 1.54) is 33.4 Å². The van der Waals surface area contributed by atoms with Gasteiger partial charge in [-0.25, -0.2) is 0 Å². The van der Waals surface area contributed by atoms with Crippen molar-refractivity contribution in [1.29, 1.82) is 0 Å². The molecule has 4 rings (SSSR count). The molecule has 2 fully saturated rings. The zero-order valence-corrected chi connectivity index (χ0v) is 20.8. The fourth-order valence-corrected chi connectivity index (χ4v) is 5.27. The second-order valence-electron chi connectivity index (χ2n) is 10.1. The van der Waals surface area contributed by atoms with Gasteiger partial charge in [0.05, 0.1) is 0 Å². The van der Waals surface area contributed by atoms with Crippen LogP contribution in [0, 0.1) is 27.7 Å². The summed E-state index contributed by atoms with van der Waals surface area (Å²) in [4.78, 5) is 2.50. The van der Waals surface area contributed by atoms with E-state index < -0.39 is 0 Å². The van der Waals surface area contributed by atoms with Gasteiger partial charge in [-0.2, -0.15) is 0 Å². The zero-order valence-electron chi connectivity index (χ0n) is 20.8. The second-order valence-corrected chi connectivity index (χ2v) is 10.1. The number of hydrogen-bond acceptors (Lipinski definition) is 4. The summed E-state index contributed by atoms with van der Waals surface area (Å²) < 4.78 is 12.8. The highest BCUT2D eigenvalue weighted by Gasteiger charge is 2.26. The molecule has 2 heterocycles. The third-order valence-electron chi connectivity index (χ3n) is 6.94. The molecule has 0 bridgehead atoms. The van der Waals surface area contributed by atoms with Crippen molar-refractivity contribution in [2.75, 3.05) is 26.2 Å². The van der Waals surface area contributed by atoms with E-state index in [0.29, 0.717) is 18.2 Å². The molecule has 2 aromatic carbocycles. The average Bonchev–Trinajstić information content (AvgIpc) is 3.40. The van der Waals surface area contributed by atoms with Gasteiger partial charge in [0.25, 0.3) is 0 Å². The quantitative estimate of drug-likeness (QED) is 0.654. The van der Waals surface area contributed by atoms with Crippen LogP contribution < -0.4 is 14.8 Å². The Kier molecular flexibility index (Phi) is 7.11. The summed E-state index contributed by atoms with van der Waals surface area (Å²) in [5.74, 6) is 2.14. The summed E-state index contributed by atoms with van der Waals surface area (Å²) in [6.07, 6.45) is 3.73. The Morgan fingerprint density at radius 3 is 1.81 bits per heavy atom. The molecule has 32 heavy (non-hydrogen) atoms. The Morgan fingerprint density at radius 1 is 0.844 bits per heavy atom. The number of benzene rings is 2. The third kappa shape index (κ3) is 5.29. The van der Waals surface area contributed by atoms with Crippen molar-refractivity contribution in [2.24, 2.45) is 0 Å². The maximum Gasteiger partial charge on any atom is 0.125 e. The summed E-state index contributed by atoms with van der Waals surface area (Å²) >= 11 is 0. The first-order chi connectivity index (χ1) is 15.3. The molecule has 2 saturated heterocycles. The van der Waals surface area contributed by atoms with Crippen LogP contribution in [0.1, 0.15) is 60.1 Å². The molecule has 0 aromatic heterocycles. The number of ether oxygens (including phenoxy) is 2. The van der Waals surface area contributed by atoms with E-state index in [0.717, 1.165) is 56.9 Å². The van der Waals surface area contributed by atoms with Crippen LogP contribution in [0.3, 0.4) is 0 Å². The van der Waals surface area contributed by atoms with Crippen molar-refractivity contribution in [1.82, 2.24) is 10.2 Å². The Bertz CT molecular complexity index is 900. The Hall–Kier alpha value is -2.04. The van der Waals surface area contributed by atoms with Crippen molar-refractivity contribution in [2.45, 2.75) is 79.1 Å². The van der Waals surface area contributed by atoms with Gasteiger partial charge in [0.2, 0.25) is 0 Å². The summed E-state index contributed by atoms with van der Waals surface area (Å²) in [7, 11) is 0. The standard InChI is InChI=1S/C28H40N2O2/c1-18(2)30-10-8-26(17-30)32-28-21(5)13-24(14-22(28)6)15-23-11-19(3)27(20(4)12-23)31-25-7-9-29-16-25/h11-14,18,25-26,29H,7-10,15-17H2,1-6H3. The highest BCUT2D eigenvalue weighted by Crippen LogP contribution is 2.31. The number of hydrogen-bond donors (Lipinski definition) is 1. The molecule has 2 atom stereocenters. The van der Waals surface area contributed by atoms with Crippen molar-refractivity contribution in [3.63, 3.8) is 0 Å². The second kappa shape index (κ2) is 9.84. The van der Waals surface area contributed by atoms with Gasteiger partial charge >= 0.3 is 0 Å². The van der Waals surface area contributed by atoms with Gasteiger partial charge in [0, 0.05) is 25.7 Å². The molecule has 2 aliphatic heterocycles. The minimum atomic E-state index is 0.295. The van der Waals surface area contributed by atoms with Gasteiger partial charge in [0.15, 0.2) is 0 Å². The molecule has 2 aliphatic rings. The van der Waals surface area contributed by atoms with Crippen LogP contribution in [0.4, 0.5) is 0 Å². The summed E-state index contributed by atoms with van der Waals surface area (Å²) in [5, 5.41) is 3.38. The summed E-state index contributed by atoms with van der Waals surface area (Å²) in [6, 6.07) is 9.78. The van der Waals surface area contributed by atoms with Crippen LogP contribution in [0.25, 0.3) is 0 Å². The van der Waals surface area contributed by atoms with E-state index in [-0.39, 0.29) is 0 Å². The number of likely N-dealkylation sites (tertiary alicyclic amines) is 1. The highest BCUT2D eigenvalue weighted by molar-refractivity contribution is 5.48. The van der Waals surface area contributed by atoms with Gasteiger partial charge in [-0.15, -0.1) is 0 Å². The molecule has 0 radical (unpaired) electrons. The Labute approximate surface area is 194 Å². The maximum absolute atomic E-state index is 6.48. The average molecular weight is 437 g/mol. The van der Waals surface area contributed by atoms with E-state index in [1.807, 2.05) is 0 Å². The lowest BCUT2D eigenvalue weighted by molar-refractivity contribution is 0.185. The van der Waals surface area contributed by atoms with Gasteiger partial charge in [0.1, 0.15) is 23.7 Å². The van der Waals surface area contributed by atoms with Crippen LogP contribution in [0.5, 0.6) is 11.5 Å². The van der Waals surface area contributed by atoms with Gasteiger partial charge < -0.3 is 14.8 Å². The lowest BCUT2D eigenvalue weighted by Crippen LogP contribution is -2.30. The van der Waals surface area contributed by atoms with Crippen molar-refractivity contribution < 1.29 is 9.47 Å². The van der Waals surface area contributed by atoms with E-state index in [4.69, 9.17) is 9.47 Å². The fraction of sp³-hybridized carbons (Fsp3) is 0.571. The molecule has 0 saturated carbocycles. The van der Waals surface area contributed by atoms with Crippen LogP contribution in [-0.4, -0.2) is 49.3 Å². The lowest BCUT2D eigenvalue weighted by Gasteiger charge is -2.22. The number of aryl methyl sites for hydroxylation is 4. The predicted octanol–water partition coefficient (Wildman–Crippen LogP) is 5.11. The number of nitrogens with one attached hydrogen (secondary N) is 1. The molecule has 0 aliphatic carbocycles. The van der Waals surface area contributed by atoms with Gasteiger partial charge in [-0.3, -0.25) is 4.90 Å². The molecule has 174 valence electrons. The minimum absolute atomic E-state index is 0.295. The predicted molar refractivity (Wildman–Crippen MR) is 132 cm³/mol. The molecular formula is C28H40N2O2. The summed E-state index contributed by atoms with van der Waals surface area (Å²) in [5.41, 5.74) is 7.63. The highest BCUT2D eigenvalue weighted by atomic mass is 16.5. The lowest BCUT2D eigenvalue weighted by atomic mass is 9.97.